The molecule has 2 aliphatic rings. The maximum atomic E-state index is 14.8. The Balaban J connectivity index is 1.77. The Bertz CT molecular complexity index is 1030. The molecule has 1 unspecified atom stereocenters. The van der Waals surface area contributed by atoms with Crippen LogP contribution in [0.4, 0.5) is 10.1 Å². The van der Waals surface area contributed by atoms with Crippen LogP contribution in [0.25, 0.3) is 0 Å². The summed E-state index contributed by atoms with van der Waals surface area (Å²) < 4.78 is 20.8. The molecule has 8 nitrogen and oxygen atoms in total. The Morgan fingerprint density at radius 1 is 1.23 bits per heavy atom. The summed E-state index contributed by atoms with van der Waals surface area (Å²) in [5, 5.41) is 7.22. The van der Waals surface area contributed by atoms with Crippen LogP contribution in [0.3, 0.4) is 0 Å². The molecule has 1 fully saturated rings. The molecule has 0 saturated heterocycles. The minimum atomic E-state index is -1.44. The van der Waals surface area contributed by atoms with Crippen molar-refractivity contribution < 1.29 is 23.5 Å². The number of rotatable bonds is 4. The third kappa shape index (κ3) is 3.68. The van der Waals surface area contributed by atoms with Crippen molar-refractivity contribution in [2.24, 2.45) is 0 Å². The molecule has 1 aliphatic carbocycles. The molecule has 164 valence electrons. The fourth-order valence-electron chi connectivity index (χ4n) is 4.38. The number of methoxy groups -OCH3 is 1. The van der Waals surface area contributed by atoms with Crippen LogP contribution in [0.1, 0.15) is 60.0 Å². The first-order valence-electron chi connectivity index (χ1n) is 10.4. The summed E-state index contributed by atoms with van der Waals surface area (Å²) in [6.07, 6.45) is 4.94. The van der Waals surface area contributed by atoms with Gasteiger partial charge in [0.15, 0.2) is 5.69 Å². The Morgan fingerprint density at radius 3 is 2.61 bits per heavy atom. The Hall–Kier alpha value is -3.23. The van der Waals surface area contributed by atoms with E-state index < -0.39 is 23.2 Å². The zero-order valence-electron chi connectivity index (χ0n) is 17.6. The van der Waals surface area contributed by atoms with Crippen molar-refractivity contribution >= 4 is 23.5 Å². The quantitative estimate of drug-likeness (QED) is 0.756. The number of anilines is 1. The lowest BCUT2D eigenvalue weighted by atomic mass is 9.91. The first kappa shape index (κ1) is 21.0. The number of hydrogen-bond acceptors (Lipinski definition) is 5. The van der Waals surface area contributed by atoms with Crippen LogP contribution in [0.5, 0.6) is 0 Å². The summed E-state index contributed by atoms with van der Waals surface area (Å²) in [6, 6.07) is 7.16. The minimum absolute atomic E-state index is 0.000798. The average Bonchev–Trinajstić information content (AvgIpc) is 3.19. The zero-order chi connectivity index (χ0) is 22.2. The second-order valence-electron chi connectivity index (χ2n) is 8.24. The number of halogens is 1. The van der Waals surface area contributed by atoms with Gasteiger partial charge in [-0.2, -0.15) is 5.10 Å². The van der Waals surface area contributed by atoms with Crippen LogP contribution < -0.4 is 10.2 Å². The highest BCUT2D eigenvalue weighted by atomic mass is 19.1. The maximum Gasteiger partial charge on any atom is 0.358 e. The molecular formula is C22H25FN4O4. The van der Waals surface area contributed by atoms with Crippen molar-refractivity contribution in [3.05, 3.63) is 47.5 Å². The third-order valence-corrected chi connectivity index (χ3v) is 6.07. The molecule has 0 spiro atoms. The number of benzene rings is 1. The zero-order valence-corrected chi connectivity index (χ0v) is 17.6. The maximum absolute atomic E-state index is 14.8. The first-order valence-corrected chi connectivity index (χ1v) is 10.4. The standard InChI is InChI=1S/C22H25FN4O4/c1-22(21(30)24-14-8-4-3-5-9-14)13-26-18(12-16(25-26)20(29)31-2)19(28)27(22)17-11-7-6-10-15(17)23/h6-7,10-12,14H,3-5,8-9,13H2,1-2H3,(H,24,30). The fraction of sp³-hybridized carbons (Fsp3) is 0.455. The van der Waals surface area contributed by atoms with E-state index in [9.17, 15) is 18.8 Å². The Kier molecular flexibility index (Phi) is 5.51. The molecule has 0 radical (unpaired) electrons. The lowest BCUT2D eigenvalue weighted by Gasteiger charge is -2.44. The molecule has 1 atom stereocenters. The molecular weight excluding hydrogens is 403 g/mol. The molecule has 0 bridgehead atoms. The average molecular weight is 428 g/mol. The van der Waals surface area contributed by atoms with Gasteiger partial charge in [0.2, 0.25) is 5.91 Å². The number of amides is 2. The van der Waals surface area contributed by atoms with Crippen molar-refractivity contribution in [3.8, 4) is 0 Å². The van der Waals surface area contributed by atoms with Crippen molar-refractivity contribution in [1.82, 2.24) is 15.1 Å². The third-order valence-electron chi connectivity index (χ3n) is 6.07. The van der Waals surface area contributed by atoms with Gasteiger partial charge in [0.25, 0.3) is 5.91 Å². The normalized spacial score (nSPS) is 21.5. The summed E-state index contributed by atoms with van der Waals surface area (Å²) in [5.41, 5.74) is -1.40. The smallest absolute Gasteiger partial charge is 0.358 e. The molecule has 2 amide bonds. The number of esters is 1. The molecule has 2 heterocycles. The van der Waals surface area contributed by atoms with Crippen molar-refractivity contribution in [2.75, 3.05) is 12.0 Å². The van der Waals surface area contributed by atoms with Gasteiger partial charge in [0.1, 0.15) is 17.1 Å². The molecule has 1 aliphatic heterocycles. The summed E-state index contributed by atoms with van der Waals surface area (Å²) in [7, 11) is 1.22. The van der Waals surface area contributed by atoms with E-state index >= 15 is 0 Å². The SMILES string of the molecule is COC(=O)c1cc2n(n1)CC(C)(C(=O)NC1CCCCC1)N(c1ccccc1F)C2=O. The number of carbonyl (C=O) groups excluding carboxylic acids is 3. The van der Waals surface area contributed by atoms with Gasteiger partial charge in [-0.05, 0) is 31.9 Å². The topological polar surface area (TPSA) is 93.5 Å². The predicted molar refractivity (Wildman–Crippen MR) is 110 cm³/mol. The highest BCUT2D eigenvalue weighted by molar-refractivity contribution is 6.12. The van der Waals surface area contributed by atoms with Crippen LogP contribution in [0, 0.1) is 5.82 Å². The lowest BCUT2D eigenvalue weighted by molar-refractivity contribution is -0.127. The van der Waals surface area contributed by atoms with E-state index in [-0.39, 0.29) is 35.6 Å². The number of para-hydroxylation sites is 1. The van der Waals surface area contributed by atoms with E-state index in [0.717, 1.165) is 32.1 Å². The van der Waals surface area contributed by atoms with Gasteiger partial charge in [-0.25, -0.2) is 9.18 Å². The molecule has 2 aromatic rings. The molecule has 9 heteroatoms. The van der Waals surface area contributed by atoms with Gasteiger partial charge < -0.3 is 10.1 Å². The number of carbonyl (C=O) groups is 3. The highest BCUT2D eigenvalue weighted by Crippen LogP contribution is 2.34. The van der Waals surface area contributed by atoms with Crippen LogP contribution in [-0.2, 0) is 16.1 Å². The summed E-state index contributed by atoms with van der Waals surface area (Å²) in [6.45, 7) is 1.57. The molecule has 1 N–H and O–H groups in total. The molecule has 31 heavy (non-hydrogen) atoms. The number of nitrogens with one attached hydrogen (secondary N) is 1. The first-order chi connectivity index (χ1) is 14.8. The second kappa shape index (κ2) is 8.13. The predicted octanol–water partition coefficient (Wildman–Crippen LogP) is 2.68. The van der Waals surface area contributed by atoms with E-state index in [1.807, 2.05) is 0 Å². The minimum Gasteiger partial charge on any atom is -0.464 e. The van der Waals surface area contributed by atoms with E-state index in [0.29, 0.717) is 0 Å². The van der Waals surface area contributed by atoms with Gasteiger partial charge >= 0.3 is 5.97 Å². The van der Waals surface area contributed by atoms with Crippen LogP contribution in [0.15, 0.2) is 30.3 Å². The number of fused-ring (bicyclic) bond motifs is 1. The number of ether oxygens (including phenoxy) is 1. The van der Waals surface area contributed by atoms with E-state index in [4.69, 9.17) is 4.74 Å². The van der Waals surface area contributed by atoms with Crippen molar-refractivity contribution in [2.45, 2.75) is 57.2 Å². The van der Waals surface area contributed by atoms with Gasteiger partial charge in [-0.1, -0.05) is 31.4 Å². The fourth-order valence-corrected chi connectivity index (χ4v) is 4.38. The highest BCUT2D eigenvalue weighted by Gasteiger charge is 2.50. The Morgan fingerprint density at radius 2 is 1.94 bits per heavy atom. The lowest BCUT2D eigenvalue weighted by Crippen LogP contribution is -2.65. The summed E-state index contributed by atoms with van der Waals surface area (Å²) in [5.74, 6) is -2.30. The van der Waals surface area contributed by atoms with Gasteiger partial charge in [-0.3, -0.25) is 19.2 Å². The number of aromatic nitrogens is 2. The van der Waals surface area contributed by atoms with E-state index in [2.05, 4.69) is 10.4 Å². The Labute approximate surface area is 179 Å². The number of nitrogens with zero attached hydrogens (tertiary/aromatic N) is 3. The van der Waals surface area contributed by atoms with E-state index in [1.165, 1.54) is 41.0 Å². The second-order valence-corrected chi connectivity index (χ2v) is 8.24. The summed E-state index contributed by atoms with van der Waals surface area (Å²) in [4.78, 5) is 40.1. The van der Waals surface area contributed by atoms with Crippen molar-refractivity contribution in [3.63, 3.8) is 0 Å². The molecule has 4 rings (SSSR count). The molecule has 1 aromatic heterocycles. The van der Waals surface area contributed by atoms with Crippen LogP contribution in [0.2, 0.25) is 0 Å². The summed E-state index contributed by atoms with van der Waals surface area (Å²) >= 11 is 0. The van der Waals surface area contributed by atoms with Gasteiger partial charge in [-0.15, -0.1) is 0 Å². The van der Waals surface area contributed by atoms with Gasteiger partial charge in [0.05, 0.1) is 19.3 Å². The van der Waals surface area contributed by atoms with E-state index in [1.54, 1.807) is 13.0 Å². The monoisotopic (exact) mass is 428 g/mol. The molecule has 1 aromatic carbocycles. The van der Waals surface area contributed by atoms with Crippen LogP contribution >= 0.6 is 0 Å². The van der Waals surface area contributed by atoms with Crippen molar-refractivity contribution in [1.29, 1.82) is 0 Å². The molecule has 1 saturated carbocycles. The largest absolute Gasteiger partial charge is 0.464 e. The van der Waals surface area contributed by atoms with Crippen LogP contribution in [-0.4, -0.2) is 46.3 Å². The van der Waals surface area contributed by atoms with Gasteiger partial charge in [0, 0.05) is 12.1 Å². The number of hydrogen-bond donors (Lipinski definition) is 1.